The summed E-state index contributed by atoms with van der Waals surface area (Å²) in [6.45, 7) is 1.16. The molecule has 1 saturated carbocycles. The second kappa shape index (κ2) is 5.96. The predicted molar refractivity (Wildman–Crippen MR) is 71.8 cm³/mol. The van der Waals surface area contributed by atoms with Crippen LogP contribution in [0.2, 0.25) is 0 Å². The van der Waals surface area contributed by atoms with E-state index >= 15 is 0 Å². The van der Waals surface area contributed by atoms with Gasteiger partial charge in [0, 0.05) is 25.2 Å². The number of aromatic nitrogens is 2. The molecule has 0 atom stereocenters. The quantitative estimate of drug-likeness (QED) is 0.345. The number of halogens is 1. The zero-order valence-electron chi connectivity index (χ0n) is 9.74. The van der Waals surface area contributed by atoms with Crippen LogP contribution in [-0.4, -0.2) is 29.0 Å². The number of nitrogens with zero attached hydrogens (tertiary/aromatic N) is 2. The number of carbonyl (C=O) groups excluding carboxylic acids is 1. The molecule has 1 aromatic rings. The Bertz CT molecular complexity index is 436. The van der Waals surface area contributed by atoms with Crippen molar-refractivity contribution in [1.82, 2.24) is 15.3 Å². The minimum absolute atomic E-state index is 0.142. The third-order valence-electron chi connectivity index (χ3n) is 2.54. The largest absolute Gasteiger partial charge is 0.367 e. The Morgan fingerprint density at radius 3 is 2.94 bits per heavy atom. The second-order valence-electron chi connectivity index (χ2n) is 4.03. The highest BCUT2D eigenvalue weighted by Crippen LogP contribution is 2.28. The maximum absolute atomic E-state index is 11.4. The summed E-state index contributed by atoms with van der Waals surface area (Å²) in [6.07, 6.45) is 3.64. The minimum atomic E-state index is 0.142. The molecule has 1 aliphatic carbocycles. The first kappa shape index (κ1) is 13.0. The van der Waals surface area contributed by atoms with Crippen molar-refractivity contribution in [3.8, 4) is 0 Å². The molecule has 1 heterocycles. The Hall–Kier alpha value is -1.41. The second-order valence-corrected chi connectivity index (χ2v) is 4.88. The summed E-state index contributed by atoms with van der Waals surface area (Å²) in [4.78, 5) is 19.5. The van der Waals surface area contributed by atoms with Crippen molar-refractivity contribution >= 4 is 33.6 Å². The molecule has 0 unspecified atom stereocenters. The highest BCUT2D eigenvalue weighted by atomic mass is 79.9. The van der Waals surface area contributed by atoms with Crippen LogP contribution < -0.4 is 21.9 Å². The summed E-state index contributed by atoms with van der Waals surface area (Å²) >= 11 is 3.33. The summed E-state index contributed by atoms with van der Waals surface area (Å²) in [5.41, 5.74) is 2.37. The van der Waals surface area contributed by atoms with Crippen LogP contribution in [0.3, 0.4) is 0 Å². The molecule has 1 aliphatic rings. The van der Waals surface area contributed by atoms with Gasteiger partial charge in [-0.15, -0.1) is 0 Å². The molecule has 1 aromatic heterocycles. The van der Waals surface area contributed by atoms with E-state index in [1.165, 1.54) is 0 Å². The van der Waals surface area contributed by atoms with Crippen LogP contribution in [0.5, 0.6) is 0 Å². The van der Waals surface area contributed by atoms with E-state index in [4.69, 9.17) is 5.84 Å². The summed E-state index contributed by atoms with van der Waals surface area (Å²) in [5.74, 6) is 6.58. The first-order valence-electron chi connectivity index (χ1n) is 5.71. The summed E-state index contributed by atoms with van der Waals surface area (Å²) < 4.78 is 0.745. The van der Waals surface area contributed by atoms with Gasteiger partial charge in [-0.2, -0.15) is 4.98 Å². The van der Waals surface area contributed by atoms with Crippen molar-refractivity contribution in [1.29, 1.82) is 0 Å². The van der Waals surface area contributed by atoms with Gasteiger partial charge in [-0.1, -0.05) is 0 Å². The van der Waals surface area contributed by atoms with Crippen LogP contribution in [0.1, 0.15) is 12.8 Å². The van der Waals surface area contributed by atoms with Crippen LogP contribution in [0.25, 0.3) is 0 Å². The Morgan fingerprint density at radius 1 is 1.50 bits per heavy atom. The molecular weight excluding hydrogens is 300 g/mol. The number of carbonyl (C=O) groups is 1. The van der Waals surface area contributed by atoms with Gasteiger partial charge in [0.05, 0.1) is 4.47 Å². The van der Waals surface area contributed by atoms with Crippen LogP contribution in [0.4, 0.5) is 11.8 Å². The van der Waals surface area contributed by atoms with E-state index in [1.807, 2.05) is 0 Å². The van der Waals surface area contributed by atoms with Crippen LogP contribution >= 0.6 is 15.9 Å². The molecule has 0 aromatic carbocycles. The molecule has 7 nitrogen and oxygen atoms in total. The average molecular weight is 315 g/mol. The number of anilines is 2. The summed E-state index contributed by atoms with van der Waals surface area (Å²) in [7, 11) is 0. The molecular formula is C10H15BrN6O. The molecule has 0 bridgehead atoms. The molecule has 1 amide bonds. The van der Waals surface area contributed by atoms with Crippen molar-refractivity contribution in [2.45, 2.75) is 12.8 Å². The molecule has 18 heavy (non-hydrogen) atoms. The number of amides is 1. The van der Waals surface area contributed by atoms with Gasteiger partial charge in [0.15, 0.2) is 0 Å². The molecule has 2 rings (SSSR count). The average Bonchev–Trinajstić information content (AvgIpc) is 3.20. The highest BCUT2D eigenvalue weighted by molar-refractivity contribution is 9.10. The highest BCUT2D eigenvalue weighted by Gasteiger charge is 2.28. The molecule has 0 aliphatic heterocycles. The monoisotopic (exact) mass is 314 g/mol. The van der Waals surface area contributed by atoms with E-state index in [0.717, 1.165) is 17.3 Å². The van der Waals surface area contributed by atoms with Gasteiger partial charge in [0.1, 0.15) is 5.82 Å². The number of nitrogens with one attached hydrogen (secondary N) is 3. The Balaban J connectivity index is 1.76. The zero-order chi connectivity index (χ0) is 13.0. The van der Waals surface area contributed by atoms with Crippen LogP contribution in [-0.2, 0) is 4.79 Å². The molecule has 5 N–H and O–H groups in total. The maximum Gasteiger partial charge on any atom is 0.239 e. The first-order chi connectivity index (χ1) is 8.70. The van der Waals surface area contributed by atoms with Crippen LogP contribution in [0.15, 0.2) is 10.7 Å². The molecule has 0 radical (unpaired) electrons. The summed E-state index contributed by atoms with van der Waals surface area (Å²) in [5, 5.41) is 5.96. The first-order valence-corrected chi connectivity index (χ1v) is 6.50. The van der Waals surface area contributed by atoms with Gasteiger partial charge in [0.25, 0.3) is 0 Å². The van der Waals surface area contributed by atoms with Gasteiger partial charge in [0.2, 0.25) is 11.9 Å². The lowest BCUT2D eigenvalue weighted by molar-refractivity contribution is -0.122. The molecule has 0 saturated heterocycles. The van der Waals surface area contributed by atoms with Gasteiger partial charge < -0.3 is 10.6 Å². The van der Waals surface area contributed by atoms with Crippen molar-refractivity contribution in [2.24, 2.45) is 11.8 Å². The number of hydrazine groups is 1. The third kappa shape index (κ3) is 3.54. The fourth-order valence-electron chi connectivity index (χ4n) is 1.42. The fraction of sp³-hybridized carbons (Fsp3) is 0.500. The van der Waals surface area contributed by atoms with Crippen LogP contribution in [0, 0.1) is 5.92 Å². The van der Waals surface area contributed by atoms with Crippen molar-refractivity contribution < 1.29 is 4.79 Å². The number of hydrogen-bond acceptors (Lipinski definition) is 6. The van der Waals surface area contributed by atoms with E-state index < -0.39 is 0 Å². The van der Waals surface area contributed by atoms with E-state index in [-0.39, 0.29) is 11.8 Å². The van der Waals surface area contributed by atoms with Gasteiger partial charge in [-0.25, -0.2) is 10.8 Å². The Morgan fingerprint density at radius 2 is 2.28 bits per heavy atom. The third-order valence-corrected chi connectivity index (χ3v) is 3.12. The topological polar surface area (TPSA) is 105 Å². The smallest absolute Gasteiger partial charge is 0.239 e. The number of nitrogens with two attached hydrogens (primary N) is 1. The maximum atomic E-state index is 11.4. The van der Waals surface area contributed by atoms with Gasteiger partial charge >= 0.3 is 0 Å². The fourth-order valence-corrected chi connectivity index (χ4v) is 1.75. The minimum Gasteiger partial charge on any atom is -0.367 e. The van der Waals surface area contributed by atoms with E-state index in [2.05, 4.69) is 42.0 Å². The van der Waals surface area contributed by atoms with Gasteiger partial charge in [-0.3, -0.25) is 10.2 Å². The molecule has 98 valence electrons. The molecule has 0 spiro atoms. The molecule has 8 heteroatoms. The number of rotatable bonds is 6. The predicted octanol–water partition coefficient (Wildman–Crippen LogP) is 0.463. The number of hydrogen-bond donors (Lipinski definition) is 4. The van der Waals surface area contributed by atoms with Crippen molar-refractivity contribution in [3.05, 3.63) is 10.7 Å². The molecule has 1 fully saturated rings. The summed E-state index contributed by atoms with van der Waals surface area (Å²) in [6, 6.07) is 0. The lowest BCUT2D eigenvalue weighted by Gasteiger charge is -2.09. The van der Waals surface area contributed by atoms with Crippen molar-refractivity contribution in [3.63, 3.8) is 0 Å². The van der Waals surface area contributed by atoms with E-state index in [9.17, 15) is 4.79 Å². The number of nitrogen functional groups attached to an aromatic ring is 1. The normalized spacial score (nSPS) is 14.1. The lowest BCUT2D eigenvalue weighted by atomic mass is 10.4. The Labute approximate surface area is 113 Å². The zero-order valence-corrected chi connectivity index (χ0v) is 11.3. The SMILES string of the molecule is NNc1ncc(Br)c(NCCNC(=O)C2CC2)n1. The lowest BCUT2D eigenvalue weighted by Crippen LogP contribution is -2.30. The standard InChI is InChI=1S/C10H15BrN6O/c11-7-5-15-10(17-12)16-8(7)13-3-4-14-9(18)6-1-2-6/h5-6H,1-4,12H2,(H,14,18)(H2,13,15,16,17). The van der Waals surface area contributed by atoms with E-state index in [1.54, 1.807) is 6.20 Å². The van der Waals surface area contributed by atoms with E-state index in [0.29, 0.717) is 24.9 Å². The van der Waals surface area contributed by atoms with Gasteiger partial charge in [-0.05, 0) is 28.8 Å². The Kier molecular flexibility index (Phi) is 4.32. The van der Waals surface area contributed by atoms with Crippen molar-refractivity contribution in [2.75, 3.05) is 23.8 Å².